The standard InChI is InChI=1S/C13H21N3O/c1-9-4-6-11(7-5-9)17-12-10(2)8-15-13(14-3)16-12/h8-9,11H,4-7H2,1-3H3,(H,14,15,16). The summed E-state index contributed by atoms with van der Waals surface area (Å²) in [6.07, 6.45) is 6.92. The van der Waals surface area contributed by atoms with E-state index >= 15 is 0 Å². The van der Waals surface area contributed by atoms with Crippen LogP contribution in [0, 0.1) is 12.8 Å². The highest BCUT2D eigenvalue weighted by Gasteiger charge is 2.20. The number of nitrogens with zero attached hydrogens (tertiary/aromatic N) is 2. The third-order valence-electron chi connectivity index (χ3n) is 3.39. The van der Waals surface area contributed by atoms with Crippen LogP contribution >= 0.6 is 0 Å². The summed E-state index contributed by atoms with van der Waals surface area (Å²) in [6.45, 7) is 4.30. The van der Waals surface area contributed by atoms with Crippen LogP contribution in [0.2, 0.25) is 0 Å². The van der Waals surface area contributed by atoms with Crippen LogP contribution in [-0.4, -0.2) is 23.1 Å². The molecule has 0 amide bonds. The fraction of sp³-hybridized carbons (Fsp3) is 0.692. The smallest absolute Gasteiger partial charge is 0.225 e. The van der Waals surface area contributed by atoms with Crippen molar-refractivity contribution in [2.24, 2.45) is 5.92 Å². The zero-order valence-corrected chi connectivity index (χ0v) is 10.9. The molecule has 1 aliphatic rings. The fourth-order valence-corrected chi connectivity index (χ4v) is 2.17. The molecule has 1 heterocycles. The van der Waals surface area contributed by atoms with Crippen molar-refractivity contribution < 1.29 is 4.74 Å². The molecular formula is C13H21N3O. The van der Waals surface area contributed by atoms with Gasteiger partial charge in [0.05, 0.1) is 0 Å². The van der Waals surface area contributed by atoms with E-state index in [0.717, 1.165) is 30.2 Å². The molecule has 17 heavy (non-hydrogen) atoms. The Morgan fingerprint density at radius 2 is 2.00 bits per heavy atom. The van der Waals surface area contributed by atoms with E-state index in [0.29, 0.717) is 12.1 Å². The third kappa shape index (κ3) is 3.08. The Bertz CT molecular complexity index is 373. The van der Waals surface area contributed by atoms with Crippen LogP contribution in [0.15, 0.2) is 6.20 Å². The van der Waals surface area contributed by atoms with Gasteiger partial charge < -0.3 is 10.1 Å². The minimum atomic E-state index is 0.324. The molecule has 1 aromatic heterocycles. The van der Waals surface area contributed by atoms with E-state index in [9.17, 15) is 0 Å². The number of nitrogens with one attached hydrogen (secondary N) is 1. The fourth-order valence-electron chi connectivity index (χ4n) is 2.17. The summed E-state index contributed by atoms with van der Waals surface area (Å²) in [5.41, 5.74) is 1.00. The van der Waals surface area contributed by atoms with Crippen molar-refractivity contribution in [3.63, 3.8) is 0 Å². The normalized spacial score (nSPS) is 24.4. The van der Waals surface area contributed by atoms with Crippen LogP contribution < -0.4 is 10.1 Å². The Kier molecular flexibility index (Phi) is 3.82. The summed E-state index contributed by atoms with van der Waals surface area (Å²) in [5, 5.41) is 2.94. The molecule has 1 saturated carbocycles. The second kappa shape index (κ2) is 5.34. The maximum atomic E-state index is 5.99. The SMILES string of the molecule is CNc1ncc(C)c(OC2CCC(C)CC2)n1. The van der Waals surface area contributed by atoms with E-state index in [1.807, 2.05) is 14.0 Å². The van der Waals surface area contributed by atoms with Gasteiger partial charge in [0.1, 0.15) is 6.10 Å². The monoisotopic (exact) mass is 235 g/mol. The maximum absolute atomic E-state index is 5.99. The predicted octanol–water partition coefficient (Wildman–Crippen LogP) is 2.78. The summed E-state index contributed by atoms with van der Waals surface area (Å²) in [6, 6.07) is 0. The first-order valence-corrected chi connectivity index (χ1v) is 6.37. The van der Waals surface area contributed by atoms with E-state index in [1.54, 1.807) is 6.20 Å². The Morgan fingerprint density at radius 1 is 1.29 bits per heavy atom. The highest BCUT2D eigenvalue weighted by molar-refractivity contribution is 5.31. The maximum Gasteiger partial charge on any atom is 0.225 e. The van der Waals surface area contributed by atoms with Crippen molar-refractivity contribution in [1.82, 2.24) is 9.97 Å². The van der Waals surface area contributed by atoms with Crippen LogP contribution in [0.4, 0.5) is 5.95 Å². The van der Waals surface area contributed by atoms with Gasteiger partial charge in [-0.15, -0.1) is 0 Å². The zero-order valence-electron chi connectivity index (χ0n) is 10.9. The summed E-state index contributed by atoms with van der Waals surface area (Å²) in [5.74, 6) is 2.19. The van der Waals surface area contributed by atoms with E-state index < -0.39 is 0 Å². The number of anilines is 1. The largest absolute Gasteiger partial charge is 0.474 e. The van der Waals surface area contributed by atoms with Gasteiger partial charge in [0.2, 0.25) is 11.8 Å². The molecule has 0 saturated heterocycles. The van der Waals surface area contributed by atoms with Gasteiger partial charge in [0.15, 0.2) is 0 Å². The lowest BCUT2D eigenvalue weighted by Gasteiger charge is -2.26. The van der Waals surface area contributed by atoms with Crippen LogP contribution in [0.3, 0.4) is 0 Å². The average molecular weight is 235 g/mol. The average Bonchev–Trinajstić information content (AvgIpc) is 2.35. The number of hydrogen-bond acceptors (Lipinski definition) is 4. The second-order valence-corrected chi connectivity index (χ2v) is 4.93. The van der Waals surface area contributed by atoms with Crippen molar-refractivity contribution in [3.05, 3.63) is 11.8 Å². The van der Waals surface area contributed by atoms with E-state index in [2.05, 4.69) is 22.2 Å². The third-order valence-corrected chi connectivity index (χ3v) is 3.39. The molecule has 1 aromatic rings. The lowest BCUT2D eigenvalue weighted by atomic mass is 9.89. The molecule has 4 heteroatoms. The summed E-state index contributed by atoms with van der Waals surface area (Å²) < 4.78 is 5.99. The van der Waals surface area contributed by atoms with Gasteiger partial charge in [-0.1, -0.05) is 6.92 Å². The minimum Gasteiger partial charge on any atom is -0.474 e. The Hall–Kier alpha value is -1.32. The molecule has 1 aliphatic carbocycles. The number of rotatable bonds is 3. The van der Waals surface area contributed by atoms with Crippen molar-refractivity contribution in [2.75, 3.05) is 12.4 Å². The molecule has 94 valence electrons. The molecule has 0 aliphatic heterocycles. The minimum absolute atomic E-state index is 0.324. The van der Waals surface area contributed by atoms with Crippen LogP contribution in [-0.2, 0) is 0 Å². The number of ether oxygens (including phenoxy) is 1. The highest BCUT2D eigenvalue weighted by Crippen LogP contribution is 2.27. The number of hydrogen-bond donors (Lipinski definition) is 1. The van der Waals surface area contributed by atoms with Gasteiger partial charge >= 0.3 is 0 Å². The summed E-state index contributed by atoms with van der Waals surface area (Å²) in [4.78, 5) is 8.52. The summed E-state index contributed by atoms with van der Waals surface area (Å²) in [7, 11) is 1.82. The lowest BCUT2D eigenvalue weighted by Crippen LogP contribution is -2.24. The molecule has 0 aromatic carbocycles. The lowest BCUT2D eigenvalue weighted by molar-refractivity contribution is 0.129. The van der Waals surface area contributed by atoms with Crippen molar-refractivity contribution in [1.29, 1.82) is 0 Å². The van der Waals surface area contributed by atoms with Gasteiger partial charge in [0.25, 0.3) is 0 Å². The first kappa shape index (κ1) is 12.1. The van der Waals surface area contributed by atoms with Gasteiger partial charge in [-0.25, -0.2) is 4.98 Å². The summed E-state index contributed by atoms with van der Waals surface area (Å²) >= 11 is 0. The molecule has 0 radical (unpaired) electrons. The second-order valence-electron chi connectivity index (χ2n) is 4.93. The molecule has 1 fully saturated rings. The van der Waals surface area contributed by atoms with Crippen molar-refractivity contribution in [3.8, 4) is 5.88 Å². The highest BCUT2D eigenvalue weighted by atomic mass is 16.5. The van der Waals surface area contributed by atoms with Crippen LogP contribution in [0.1, 0.15) is 38.2 Å². The van der Waals surface area contributed by atoms with Crippen LogP contribution in [0.5, 0.6) is 5.88 Å². The van der Waals surface area contributed by atoms with E-state index in [4.69, 9.17) is 4.74 Å². The first-order valence-electron chi connectivity index (χ1n) is 6.37. The van der Waals surface area contributed by atoms with Gasteiger partial charge in [-0.2, -0.15) is 4.98 Å². The predicted molar refractivity (Wildman–Crippen MR) is 68.4 cm³/mol. The van der Waals surface area contributed by atoms with Crippen LogP contribution in [0.25, 0.3) is 0 Å². The van der Waals surface area contributed by atoms with Gasteiger partial charge in [0, 0.05) is 18.8 Å². The van der Waals surface area contributed by atoms with Crippen molar-refractivity contribution >= 4 is 5.95 Å². The van der Waals surface area contributed by atoms with Crippen molar-refractivity contribution in [2.45, 2.75) is 45.6 Å². The van der Waals surface area contributed by atoms with E-state index in [-0.39, 0.29) is 0 Å². The van der Waals surface area contributed by atoms with Gasteiger partial charge in [-0.3, -0.25) is 0 Å². The van der Waals surface area contributed by atoms with E-state index in [1.165, 1.54) is 12.8 Å². The molecule has 0 unspecified atom stereocenters. The molecule has 0 spiro atoms. The Balaban J connectivity index is 2.02. The molecule has 0 bridgehead atoms. The molecule has 2 rings (SSSR count). The number of aryl methyl sites for hydroxylation is 1. The zero-order chi connectivity index (χ0) is 12.3. The van der Waals surface area contributed by atoms with Gasteiger partial charge in [-0.05, 0) is 38.5 Å². The first-order chi connectivity index (χ1) is 8.19. The molecule has 1 N–H and O–H groups in total. The molecule has 0 atom stereocenters. The quantitative estimate of drug-likeness (QED) is 0.875. The topological polar surface area (TPSA) is 47.0 Å². The Labute approximate surface area is 103 Å². The Morgan fingerprint density at radius 3 is 2.65 bits per heavy atom. The molecule has 4 nitrogen and oxygen atoms in total. The molecular weight excluding hydrogens is 214 g/mol. The number of aromatic nitrogens is 2.